The highest BCUT2D eigenvalue weighted by atomic mass is 35.5. The highest BCUT2D eigenvalue weighted by Gasteiger charge is 2.39. The van der Waals surface area contributed by atoms with E-state index in [0.717, 1.165) is 19.3 Å². The molecule has 5 heteroatoms. The van der Waals surface area contributed by atoms with Crippen molar-refractivity contribution in [2.45, 2.75) is 50.4 Å². The summed E-state index contributed by atoms with van der Waals surface area (Å²) in [6.07, 6.45) is 2.82. The average Bonchev–Trinajstić information content (AvgIpc) is 3.14. The number of carbonyl (C=O) groups excluding carboxylic acids is 1. The zero-order valence-corrected chi connectivity index (χ0v) is 13.8. The van der Waals surface area contributed by atoms with Crippen molar-refractivity contribution in [3.05, 3.63) is 35.9 Å². The first-order chi connectivity index (χ1) is 10.2. The molecule has 4 nitrogen and oxygen atoms in total. The van der Waals surface area contributed by atoms with Crippen molar-refractivity contribution in [1.29, 1.82) is 0 Å². The fourth-order valence-electron chi connectivity index (χ4n) is 3.45. The molecule has 2 unspecified atom stereocenters. The molecule has 2 saturated heterocycles. The largest absolute Gasteiger partial charge is 0.365 e. The molecule has 0 aliphatic carbocycles. The van der Waals surface area contributed by atoms with E-state index in [1.54, 1.807) is 0 Å². The minimum absolute atomic E-state index is 0. The second-order valence-electron chi connectivity index (χ2n) is 6.16. The van der Waals surface area contributed by atoms with Crippen LogP contribution in [0.4, 0.5) is 0 Å². The monoisotopic (exact) mass is 324 g/mol. The molecule has 0 bridgehead atoms. The van der Waals surface area contributed by atoms with E-state index in [1.165, 1.54) is 5.56 Å². The summed E-state index contributed by atoms with van der Waals surface area (Å²) in [7, 11) is 0. The fraction of sp³-hybridized carbons (Fsp3) is 0.588. The van der Waals surface area contributed by atoms with E-state index in [2.05, 4.69) is 19.1 Å². The first-order valence-electron chi connectivity index (χ1n) is 7.93. The number of ether oxygens (including phenoxy) is 1. The SMILES string of the molecule is CCC1CCC(C(=O)N2C[C@@H](N)[C@H](c3ccccc3)C2)O1.Cl. The van der Waals surface area contributed by atoms with Gasteiger partial charge in [0.2, 0.25) is 0 Å². The first kappa shape index (κ1) is 17.3. The fourth-order valence-corrected chi connectivity index (χ4v) is 3.45. The molecule has 2 aliphatic rings. The van der Waals surface area contributed by atoms with Crippen LogP contribution >= 0.6 is 12.4 Å². The van der Waals surface area contributed by atoms with Gasteiger partial charge >= 0.3 is 0 Å². The van der Waals surface area contributed by atoms with Crippen molar-refractivity contribution in [1.82, 2.24) is 4.90 Å². The van der Waals surface area contributed by atoms with E-state index in [4.69, 9.17) is 10.5 Å². The molecule has 4 atom stereocenters. The van der Waals surface area contributed by atoms with Crippen LogP contribution in [-0.2, 0) is 9.53 Å². The smallest absolute Gasteiger partial charge is 0.251 e. The van der Waals surface area contributed by atoms with Crippen LogP contribution in [-0.4, -0.2) is 42.1 Å². The number of halogens is 1. The summed E-state index contributed by atoms with van der Waals surface area (Å²) in [5, 5.41) is 0. The molecule has 1 amide bonds. The summed E-state index contributed by atoms with van der Waals surface area (Å²) in [4.78, 5) is 14.5. The van der Waals surface area contributed by atoms with Gasteiger partial charge < -0.3 is 15.4 Å². The lowest BCUT2D eigenvalue weighted by atomic mass is 9.95. The Morgan fingerprint density at radius 3 is 2.64 bits per heavy atom. The number of nitrogens with two attached hydrogens (primary N) is 1. The van der Waals surface area contributed by atoms with Gasteiger partial charge in [-0.05, 0) is 24.8 Å². The molecular weight excluding hydrogens is 300 g/mol. The molecule has 0 spiro atoms. The van der Waals surface area contributed by atoms with Crippen LogP contribution in [0.15, 0.2) is 30.3 Å². The molecule has 2 fully saturated rings. The number of rotatable bonds is 3. The molecule has 2 N–H and O–H groups in total. The van der Waals surface area contributed by atoms with Gasteiger partial charge in [0.25, 0.3) is 5.91 Å². The lowest BCUT2D eigenvalue weighted by Crippen LogP contribution is -2.39. The predicted octanol–water partition coefficient (Wildman–Crippen LogP) is 2.32. The van der Waals surface area contributed by atoms with Gasteiger partial charge in [0.05, 0.1) is 6.10 Å². The number of hydrogen-bond donors (Lipinski definition) is 1. The van der Waals surface area contributed by atoms with Gasteiger partial charge in [-0.3, -0.25) is 4.79 Å². The molecule has 0 radical (unpaired) electrons. The van der Waals surface area contributed by atoms with Gasteiger partial charge in [-0.1, -0.05) is 37.3 Å². The van der Waals surface area contributed by atoms with Gasteiger partial charge in [0.1, 0.15) is 6.10 Å². The Hall–Kier alpha value is -1.10. The number of amides is 1. The first-order valence-corrected chi connectivity index (χ1v) is 7.93. The molecule has 3 rings (SSSR count). The van der Waals surface area contributed by atoms with Gasteiger partial charge in [0, 0.05) is 25.0 Å². The molecule has 0 aromatic heterocycles. The molecule has 1 aromatic rings. The van der Waals surface area contributed by atoms with Crippen LogP contribution in [0.3, 0.4) is 0 Å². The van der Waals surface area contributed by atoms with E-state index in [-0.39, 0.29) is 42.5 Å². The second kappa shape index (κ2) is 7.44. The number of carbonyl (C=O) groups is 1. The number of benzene rings is 1. The number of likely N-dealkylation sites (tertiary alicyclic amines) is 1. The normalized spacial score (nSPS) is 31.1. The van der Waals surface area contributed by atoms with Crippen LogP contribution in [0, 0.1) is 0 Å². The Morgan fingerprint density at radius 2 is 2.00 bits per heavy atom. The summed E-state index contributed by atoms with van der Waals surface area (Å²) in [6, 6.07) is 10.3. The van der Waals surface area contributed by atoms with Crippen molar-refractivity contribution >= 4 is 18.3 Å². The minimum atomic E-state index is -0.253. The molecular formula is C17H25ClN2O2. The maximum absolute atomic E-state index is 12.6. The zero-order valence-electron chi connectivity index (χ0n) is 13.0. The quantitative estimate of drug-likeness (QED) is 0.928. The highest BCUT2D eigenvalue weighted by Crippen LogP contribution is 2.29. The highest BCUT2D eigenvalue weighted by molar-refractivity contribution is 5.85. The third kappa shape index (κ3) is 3.45. The van der Waals surface area contributed by atoms with Crippen LogP contribution < -0.4 is 5.73 Å². The van der Waals surface area contributed by atoms with Crippen molar-refractivity contribution in [3.8, 4) is 0 Å². The lowest BCUT2D eigenvalue weighted by Gasteiger charge is -2.21. The van der Waals surface area contributed by atoms with Crippen molar-refractivity contribution in [3.63, 3.8) is 0 Å². The number of nitrogens with zero attached hydrogens (tertiary/aromatic N) is 1. The van der Waals surface area contributed by atoms with Crippen LogP contribution in [0.1, 0.15) is 37.7 Å². The standard InChI is InChI=1S/C17H24N2O2.ClH/c1-2-13-8-9-16(21-13)17(20)19-10-14(15(18)11-19)12-6-4-3-5-7-12;/h3-7,13-16H,2,8-11,18H2,1H3;1H/t13?,14-,15+,16?;/m0./s1. The molecule has 0 saturated carbocycles. The number of hydrogen-bond acceptors (Lipinski definition) is 3. The predicted molar refractivity (Wildman–Crippen MR) is 89.2 cm³/mol. The van der Waals surface area contributed by atoms with Crippen molar-refractivity contribution < 1.29 is 9.53 Å². The summed E-state index contributed by atoms with van der Waals surface area (Å²) < 4.78 is 5.83. The maximum atomic E-state index is 12.6. The Labute approximate surface area is 138 Å². The topological polar surface area (TPSA) is 55.6 Å². The van der Waals surface area contributed by atoms with Crippen LogP contribution in [0.2, 0.25) is 0 Å². The Kier molecular flexibility index (Phi) is 5.84. The Bertz CT molecular complexity index is 497. The molecule has 2 heterocycles. The van der Waals surface area contributed by atoms with Crippen molar-refractivity contribution in [2.75, 3.05) is 13.1 Å². The summed E-state index contributed by atoms with van der Waals surface area (Å²) >= 11 is 0. The summed E-state index contributed by atoms with van der Waals surface area (Å²) in [6.45, 7) is 3.45. The van der Waals surface area contributed by atoms with Gasteiger partial charge in [-0.25, -0.2) is 0 Å². The Balaban J connectivity index is 0.00000176. The van der Waals surface area contributed by atoms with E-state index in [9.17, 15) is 4.79 Å². The molecule has 2 aliphatic heterocycles. The minimum Gasteiger partial charge on any atom is -0.365 e. The molecule has 22 heavy (non-hydrogen) atoms. The summed E-state index contributed by atoms with van der Waals surface area (Å²) in [5.41, 5.74) is 7.48. The Morgan fingerprint density at radius 1 is 1.27 bits per heavy atom. The van der Waals surface area contributed by atoms with E-state index in [0.29, 0.717) is 13.1 Å². The third-order valence-corrected chi connectivity index (χ3v) is 4.74. The third-order valence-electron chi connectivity index (χ3n) is 4.74. The van der Waals surface area contributed by atoms with Gasteiger partial charge in [-0.15, -0.1) is 12.4 Å². The second-order valence-corrected chi connectivity index (χ2v) is 6.16. The maximum Gasteiger partial charge on any atom is 0.251 e. The zero-order chi connectivity index (χ0) is 14.8. The van der Waals surface area contributed by atoms with E-state index < -0.39 is 0 Å². The average molecular weight is 325 g/mol. The molecule has 1 aromatic carbocycles. The summed E-state index contributed by atoms with van der Waals surface area (Å²) in [5.74, 6) is 0.360. The van der Waals surface area contributed by atoms with Gasteiger partial charge in [-0.2, -0.15) is 0 Å². The van der Waals surface area contributed by atoms with E-state index >= 15 is 0 Å². The molecule has 122 valence electrons. The van der Waals surface area contributed by atoms with Crippen molar-refractivity contribution in [2.24, 2.45) is 5.73 Å². The lowest BCUT2D eigenvalue weighted by molar-refractivity contribution is -0.141. The van der Waals surface area contributed by atoms with Crippen LogP contribution in [0.25, 0.3) is 0 Å². The van der Waals surface area contributed by atoms with Gasteiger partial charge in [0.15, 0.2) is 0 Å². The van der Waals surface area contributed by atoms with E-state index in [1.807, 2.05) is 23.1 Å². The van der Waals surface area contributed by atoms with Crippen LogP contribution in [0.5, 0.6) is 0 Å².